The lowest BCUT2D eigenvalue weighted by Gasteiger charge is -2.16. The Hall–Kier alpha value is -2.68. The van der Waals surface area contributed by atoms with Gasteiger partial charge in [-0.1, -0.05) is 19.1 Å². The Morgan fingerprint density at radius 2 is 2.06 bits per heavy atom. The number of hydrogen-bond acceptors (Lipinski definition) is 10. The minimum absolute atomic E-state index is 0.355. The van der Waals surface area contributed by atoms with Crippen LogP contribution in [-0.4, -0.2) is 63.1 Å². The Bertz CT molecular complexity index is 1190. The summed E-state index contributed by atoms with van der Waals surface area (Å²) < 4.78 is 33.6. The predicted molar refractivity (Wildman–Crippen MR) is 109 cm³/mol. The van der Waals surface area contributed by atoms with Crippen molar-refractivity contribution >= 4 is 33.0 Å². The first-order valence-electron chi connectivity index (χ1n) is 9.49. The number of nitrogens with zero attached hydrogens (tertiary/aromatic N) is 4. The van der Waals surface area contributed by atoms with Crippen LogP contribution in [0.4, 0.5) is 11.5 Å². The smallest absolute Gasteiger partial charge is 0.333 e. The summed E-state index contributed by atoms with van der Waals surface area (Å²) in [5, 5.41) is 28.7. The summed E-state index contributed by atoms with van der Waals surface area (Å²) in [5.74, 6) is 0.458. The van der Waals surface area contributed by atoms with Crippen LogP contribution in [0.2, 0.25) is 0 Å². The lowest BCUT2D eigenvalue weighted by molar-refractivity contribution is -0.0467. The zero-order valence-electron chi connectivity index (χ0n) is 16.5. The maximum absolute atomic E-state index is 11.0. The number of aromatic nitrogens is 4. The third-order valence-corrected chi connectivity index (χ3v) is 5.43. The molecule has 13 heteroatoms. The summed E-state index contributed by atoms with van der Waals surface area (Å²) in [6, 6.07) is 7.86. The van der Waals surface area contributed by atoms with Crippen LogP contribution in [0.3, 0.4) is 0 Å². The Labute approximate surface area is 177 Å². The van der Waals surface area contributed by atoms with Crippen molar-refractivity contribution in [1.82, 2.24) is 19.5 Å². The number of fused-ring (bicyclic) bond motifs is 1. The molecule has 2 aromatic heterocycles. The van der Waals surface area contributed by atoms with Gasteiger partial charge in [0.2, 0.25) is 0 Å². The molecule has 0 spiro atoms. The molecule has 1 aromatic carbocycles. The van der Waals surface area contributed by atoms with Gasteiger partial charge in [0.05, 0.1) is 12.9 Å². The van der Waals surface area contributed by atoms with Gasteiger partial charge in [-0.05, 0) is 24.1 Å². The minimum Gasteiger partial charge on any atom is -0.387 e. The van der Waals surface area contributed by atoms with E-state index >= 15 is 0 Å². The van der Waals surface area contributed by atoms with E-state index in [1.807, 2.05) is 24.3 Å². The Morgan fingerprint density at radius 3 is 2.81 bits per heavy atom. The molecular weight excluding hydrogens is 428 g/mol. The number of nitrogens with one attached hydrogen (secondary N) is 1. The van der Waals surface area contributed by atoms with E-state index in [-0.39, 0.29) is 0 Å². The van der Waals surface area contributed by atoms with Crippen molar-refractivity contribution < 1.29 is 27.6 Å². The van der Waals surface area contributed by atoms with Crippen molar-refractivity contribution in [2.75, 3.05) is 11.9 Å². The third kappa shape index (κ3) is 4.51. The number of hydrogen-bond donors (Lipinski definition) is 4. The van der Waals surface area contributed by atoms with E-state index in [1.54, 1.807) is 0 Å². The molecule has 12 nitrogen and oxygen atoms in total. The highest BCUT2D eigenvalue weighted by molar-refractivity contribution is 7.84. The van der Waals surface area contributed by atoms with Gasteiger partial charge in [-0.25, -0.2) is 20.1 Å². The molecule has 1 aliphatic heterocycles. The highest BCUT2D eigenvalue weighted by Crippen LogP contribution is 2.33. The van der Waals surface area contributed by atoms with Gasteiger partial charge >= 0.3 is 10.3 Å². The van der Waals surface area contributed by atoms with E-state index in [0.29, 0.717) is 17.0 Å². The number of anilines is 2. The maximum Gasteiger partial charge on any atom is 0.333 e. The van der Waals surface area contributed by atoms with Crippen LogP contribution in [-0.2, 0) is 25.6 Å². The van der Waals surface area contributed by atoms with Crippen LogP contribution >= 0.6 is 0 Å². The van der Waals surface area contributed by atoms with Crippen LogP contribution < -0.4 is 10.5 Å². The lowest BCUT2D eigenvalue weighted by Crippen LogP contribution is -2.35. The van der Waals surface area contributed by atoms with Crippen LogP contribution in [0.25, 0.3) is 11.2 Å². The van der Waals surface area contributed by atoms with E-state index in [4.69, 9.17) is 9.88 Å². The van der Waals surface area contributed by atoms with E-state index < -0.39 is 41.5 Å². The molecule has 4 rings (SSSR count). The number of rotatable bonds is 7. The molecule has 166 valence electrons. The molecule has 3 heterocycles. The molecule has 0 amide bonds. The first-order valence-corrected chi connectivity index (χ1v) is 11.0. The fourth-order valence-electron chi connectivity index (χ4n) is 3.39. The average molecular weight is 450 g/mol. The van der Waals surface area contributed by atoms with Crippen molar-refractivity contribution in [3.05, 3.63) is 42.5 Å². The summed E-state index contributed by atoms with van der Waals surface area (Å²) in [6.45, 7) is 1.52. The second-order valence-corrected chi connectivity index (χ2v) is 8.27. The monoisotopic (exact) mass is 450 g/mol. The molecular formula is C18H22N6O6S. The van der Waals surface area contributed by atoms with E-state index in [0.717, 1.165) is 17.7 Å². The van der Waals surface area contributed by atoms with Gasteiger partial charge in [-0.15, -0.1) is 0 Å². The van der Waals surface area contributed by atoms with Gasteiger partial charge in [-0.2, -0.15) is 8.42 Å². The molecule has 3 aromatic rings. The quantitative estimate of drug-likeness (QED) is 0.382. The molecule has 1 aliphatic rings. The molecule has 31 heavy (non-hydrogen) atoms. The number of aliphatic hydroxyl groups excluding tert-OH is 2. The first kappa shape index (κ1) is 21.5. The number of imidazole rings is 1. The molecule has 0 saturated carbocycles. The SMILES string of the molecule is CCc1cccc(Nc2ncnc3c2ncn3[C@@H]2O[C@H](COS(N)(=O)=O)[C@@H](O)[C@H]2O)c1. The molecule has 1 fully saturated rings. The molecule has 1 saturated heterocycles. The van der Waals surface area contributed by atoms with Crippen molar-refractivity contribution in [2.24, 2.45) is 5.14 Å². The van der Waals surface area contributed by atoms with Gasteiger partial charge in [0.15, 0.2) is 23.2 Å². The normalized spacial score (nSPS) is 24.0. The van der Waals surface area contributed by atoms with Crippen LogP contribution in [0.1, 0.15) is 18.7 Å². The van der Waals surface area contributed by atoms with Crippen molar-refractivity contribution in [1.29, 1.82) is 0 Å². The molecule has 4 atom stereocenters. The Balaban J connectivity index is 1.60. The zero-order valence-corrected chi connectivity index (χ0v) is 17.3. The maximum atomic E-state index is 11.0. The topological polar surface area (TPSA) is 175 Å². The summed E-state index contributed by atoms with van der Waals surface area (Å²) in [6.07, 6.45) is -1.34. The number of aliphatic hydroxyl groups is 2. The summed E-state index contributed by atoms with van der Waals surface area (Å²) in [5.41, 5.74) is 2.78. The largest absolute Gasteiger partial charge is 0.387 e. The number of nitrogens with two attached hydrogens (primary N) is 1. The highest BCUT2D eigenvalue weighted by atomic mass is 32.2. The van der Waals surface area contributed by atoms with Gasteiger partial charge in [-0.3, -0.25) is 8.75 Å². The van der Waals surface area contributed by atoms with Gasteiger partial charge in [0.1, 0.15) is 24.6 Å². The van der Waals surface area contributed by atoms with Crippen molar-refractivity contribution in [3.63, 3.8) is 0 Å². The molecule has 0 radical (unpaired) electrons. The number of ether oxygens (including phenoxy) is 1. The summed E-state index contributed by atoms with van der Waals surface area (Å²) in [7, 11) is -4.22. The molecule has 0 bridgehead atoms. The molecule has 0 aliphatic carbocycles. The highest BCUT2D eigenvalue weighted by Gasteiger charge is 2.45. The lowest BCUT2D eigenvalue weighted by atomic mass is 10.1. The Kier molecular flexibility index (Phi) is 5.88. The first-order chi connectivity index (χ1) is 14.8. The Morgan fingerprint density at radius 1 is 1.26 bits per heavy atom. The van der Waals surface area contributed by atoms with E-state index in [1.165, 1.54) is 17.2 Å². The predicted octanol–water partition coefficient (Wildman–Crippen LogP) is -0.0284. The fraction of sp³-hybridized carbons (Fsp3) is 0.389. The van der Waals surface area contributed by atoms with Crippen molar-refractivity contribution in [3.8, 4) is 0 Å². The minimum atomic E-state index is -4.22. The van der Waals surface area contributed by atoms with Crippen LogP contribution in [0.5, 0.6) is 0 Å². The summed E-state index contributed by atoms with van der Waals surface area (Å²) in [4.78, 5) is 12.8. The van der Waals surface area contributed by atoms with Crippen LogP contribution in [0, 0.1) is 0 Å². The van der Waals surface area contributed by atoms with E-state index in [2.05, 4.69) is 31.4 Å². The standard InChI is InChI=1S/C18H22N6O6S/c1-2-10-4-3-5-11(6-10)23-16-13-17(21-8-20-16)24(9-22-13)18-15(26)14(25)12(30-18)7-29-31(19,27)28/h3-6,8-9,12,14-15,18,25-26H,2,7H2,1H3,(H2,19,27,28)(H,20,21,23)/t12-,14-,15-,18-/m1/s1. The number of benzene rings is 1. The van der Waals surface area contributed by atoms with Crippen LogP contribution in [0.15, 0.2) is 36.9 Å². The number of aryl methyl sites for hydroxylation is 1. The fourth-order valence-corrected chi connectivity index (χ4v) is 3.72. The van der Waals surface area contributed by atoms with Gasteiger partial charge in [0.25, 0.3) is 0 Å². The van der Waals surface area contributed by atoms with Crippen molar-refractivity contribution in [2.45, 2.75) is 37.9 Å². The molecule has 0 unspecified atom stereocenters. The molecule has 5 N–H and O–H groups in total. The average Bonchev–Trinajstić information content (AvgIpc) is 3.28. The van der Waals surface area contributed by atoms with E-state index in [9.17, 15) is 18.6 Å². The summed E-state index contributed by atoms with van der Waals surface area (Å²) >= 11 is 0. The third-order valence-electron chi connectivity index (χ3n) is 4.96. The second kappa shape index (κ2) is 8.45. The van der Waals surface area contributed by atoms with Gasteiger partial charge in [0, 0.05) is 5.69 Å². The second-order valence-electron chi connectivity index (χ2n) is 7.05. The van der Waals surface area contributed by atoms with Gasteiger partial charge < -0.3 is 20.3 Å². The zero-order chi connectivity index (χ0) is 22.2.